The topological polar surface area (TPSA) is 26.3 Å². The molecule has 2 heterocycles. The molecule has 0 spiro atoms. The molecular formula is C100H60O2. The molecule has 2 aromatic heterocycles. The molecule has 0 fully saturated rings. The quantitative estimate of drug-likeness (QED) is 0.155. The minimum absolute atomic E-state index is 0.191. The molecule has 0 aliphatic heterocycles. The van der Waals surface area contributed by atoms with E-state index in [1.807, 2.05) is 91.0 Å². The molecule has 0 bridgehead atoms. The zero-order valence-corrected chi connectivity index (χ0v) is 52.5. The largest absolute Gasteiger partial charge is 0.456 e. The van der Waals surface area contributed by atoms with Crippen LogP contribution in [0.1, 0.15) is 52.1 Å². The summed E-state index contributed by atoms with van der Waals surface area (Å²) in [4.78, 5) is 0. The first-order valence-electron chi connectivity index (χ1n) is 51.1. The molecular weight excluding hydrogens is 1230 g/mol. The number of benzene rings is 20. The summed E-state index contributed by atoms with van der Waals surface area (Å²) < 4.78 is 358. The van der Waals surface area contributed by atoms with Crippen LogP contribution in [0.15, 0.2) is 372 Å². The average Bonchev–Trinajstić information content (AvgIpc) is 0.714. The second kappa shape index (κ2) is 23.1. The SMILES string of the molecule is [2H]c1c([2H])c([2H])c2c(-c3cccc4cc(-c5ccc6c(c5)oc5ccc7ccccc7c56)ccc34)c3c([2H])c([2H])c([2H])c([2H])c3c(-c3cccc4ccccc34)c2c1[2H].[2H]c1c([2H])c([2H])c2c([2H])c(-c3c4c([2H])c([2H])c([2H])c([2H])c4c(-c4c([2H])c([2H])c([2H])c5c(-c6c([2H])c([2H])c7c(oc8c([2H])c([2H])c9c([2H])c([2H])c([2H])c([2H])c9c87)c6[2H])c([2H])c([2H])c([2H])c45)c4c([2H])c([2H])c([2H])c([2H])c34)c([2H])c([2H])c2c1[2H]. The first-order chi connectivity index (χ1) is 66.4. The third kappa shape index (κ3) is 9.06. The van der Waals surface area contributed by atoms with Gasteiger partial charge in [-0.15, -0.1) is 0 Å². The van der Waals surface area contributed by atoms with E-state index in [-0.39, 0.29) is 51.1 Å². The Balaban J connectivity index is 0.000000174. The summed E-state index contributed by atoms with van der Waals surface area (Å²) >= 11 is 0. The zero-order valence-electron chi connectivity index (χ0n) is 90.5. The average molecular weight is 1330 g/mol. The molecule has 2 nitrogen and oxygen atoms in total. The van der Waals surface area contributed by atoms with Crippen LogP contribution in [0.3, 0.4) is 0 Å². The molecule has 0 saturated heterocycles. The summed E-state index contributed by atoms with van der Waals surface area (Å²) in [6.45, 7) is 0. The maximum atomic E-state index is 9.64. The molecule has 0 atom stereocenters. The smallest absolute Gasteiger partial charge is 0.136 e. The Morgan fingerprint density at radius 1 is 0.186 bits per heavy atom. The Hall–Kier alpha value is -13.4. The Kier molecular flexibility index (Phi) is 7.17. The zero-order chi connectivity index (χ0) is 100. The van der Waals surface area contributed by atoms with Crippen molar-refractivity contribution >= 4 is 152 Å². The number of furan rings is 2. The van der Waals surface area contributed by atoms with Crippen molar-refractivity contribution in [2.24, 2.45) is 0 Å². The highest BCUT2D eigenvalue weighted by atomic mass is 16.3. The second-order valence-corrected chi connectivity index (χ2v) is 24.3. The molecule has 0 radical (unpaired) electrons. The normalized spacial score (nSPS) is 17.1. The molecule has 20 aromatic carbocycles. The van der Waals surface area contributed by atoms with Crippen molar-refractivity contribution in [2.75, 3.05) is 0 Å². The molecule has 0 aliphatic carbocycles. The number of hydrogen-bond donors (Lipinski definition) is 0. The lowest BCUT2D eigenvalue weighted by atomic mass is 9.83. The van der Waals surface area contributed by atoms with Crippen LogP contribution in [-0.2, 0) is 0 Å². The van der Waals surface area contributed by atoms with Crippen molar-refractivity contribution in [1.82, 2.24) is 0 Å². The van der Waals surface area contributed by atoms with Gasteiger partial charge in [0.25, 0.3) is 0 Å². The van der Waals surface area contributed by atoms with Crippen molar-refractivity contribution in [1.29, 1.82) is 0 Å². The van der Waals surface area contributed by atoms with Crippen LogP contribution >= 0.6 is 0 Å². The number of hydrogen-bond acceptors (Lipinski definition) is 2. The minimum atomic E-state index is -1.11. The molecule has 102 heavy (non-hydrogen) atoms. The van der Waals surface area contributed by atoms with Gasteiger partial charge in [-0.3, -0.25) is 0 Å². The Labute approximate surface area is 640 Å². The molecule has 472 valence electrons. The standard InChI is InChI=1S/2C50H30O/c1-3-15-36-31(11-1)13-9-21-39(36)48-41-17-5-7-19-43(41)49(44-20-8-6-18-42(44)48)40-22-10-14-35-29-33(23-26-37(35)40)34-24-27-45-47(30-34)51-46-28-25-32-12-2-4-16-38(32)50(45)46;1-2-13-33-29-35(24-23-31(33)11-1)48-41-15-5-7-17-43(41)49(44-18-8-6-16-42(44)48)40-22-10-20-38-36(19-9-21-39(38)40)34-25-27-45-47(30-34)51-46-28-26-32-12-3-4-14-37(32)50(45)46/h2*1-30H/i5D,6D,7D,8D,17D,18D,19D,20D;1D,2D,3D,4D,5D,6D,7D,8D,9D,10D,11D,12D,13D,14D,15D,16D,17D,18D,19D,20D,21D,22D,23D,24D,25D,26D,27D,28D,29D,30D. The fourth-order valence-corrected chi connectivity index (χ4v) is 14.4. The summed E-state index contributed by atoms with van der Waals surface area (Å²) in [5.41, 5.74) is -0.728. The van der Waals surface area contributed by atoms with Crippen LogP contribution in [0.25, 0.3) is 218 Å². The summed E-state index contributed by atoms with van der Waals surface area (Å²) in [5, 5.41) is 0.729. The molecule has 2 heteroatoms. The van der Waals surface area contributed by atoms with E-state index in [1.165, 1.54) is 0 Å². The van der Waals surface area contributed by atoms with Crippen molar-refractivity contribution in [2.45, 2.75) is 0 Å². The summed E-state index contributed by atoms with van der Waals surface area (Å²) in [6.07, 6.45) is 0. The molecule has 22 rings (SSSR count). The maximum absolute atomic E-state index is 9.64. The maximum Gasteiger partial charge on any atom is 0.136 e. The third-order valence-corrected chi connectivity index (χ3v) is 18.9. The van der Waals surface area contributed by atoms with E-state index in [4.69, 9.17) is 34.9 Å². The predicted molar refractivity (Wildman–Crippen MR) is 435 cm³/mol. The monoisotopic (exact) mass is 1330 g/mol. The highest BCUT2D eigenvalue weighted by molar-refractivity contribution is 6.28. The molecule has 0 N–H and O–H groups in total. The van der Waals surface area contributed by atoms with Gasteiger partial charge >= 0.3 is 0 Å². The van der Waals surface area contributed by atoms with Crippen molar-refractivity contribution in [3.05, 3.63) is 363 Å². The van der Waals surface area contributed by atoms with Crippen LogP contribution in [0.2, 0.25) is 0 Å². The highest BCUT2D eigenvalue weighted by Gasteiger charge is 2.23. The molecule has 0 saturated carbocycles. The van der Waals surface area contributed by atoms with E-state index in [2.05, 4.69) is 42.5 Å². The lowest BCUT2D eigenvalue weighted by Gasteiger charge is -2.19. The van der Waals surface area contributed by atoms with Gasteiger partial charge < -0.3 is 8.83 Å². The Morgan fingerprint density at radius 2 is 0.657 bits per heavy atom. The van der Waals surface area contributed by atoms with Crippen molar-refractivity contribution in [3.8, 4) is 66.8 Å². The number of rotatable bonds is 6. The predicted octanol–water partition coefficient (Wildman–Crippen LogP) is 28.7. The molecule has 0 aliphatic rings. The Bertz CT molecular complexity index is 9520. The van der Waals surface area contributed by atoms with E-state index >= 15 is 0 Å². The van der Waals surface area contributed by atoms with E-state index in [0.717, 1.165) is 65.4 Å². The van der Waals surface area contributed by atoms with Crippen molar-refractivity contribution < 1.29 is 60.9 Å². The Morgan fingerprint density at radius 3 is 1.33 bits per heavy atom. The summed E-state index contributed by atoms with van der Waals surface area (Å²) in [6, 6.07) is 12.6. The van der Waals surface area contributed by atoms with Crippen LogP contribution < -0.4 is 0 Å². The molecule has 22 aromatic rings. The van der Waals surface area contributed by atoms with Crippen molar-refractivity contribution in [3.63, 3.8) is 0 Å². The highest BCUT2D eigenvalue weighted by Crippen LogP contribution is 2.50. The van der Waals surface area contributed by atoms with Gasteiger partial charge in [0.05, 0.1) is 52.1 Å². The van der Waals surface area contributed by atoms with E-state index in [0.29, 0.717) is 22.3 Å². The van der Waals surface area contributed by atoms with Crippen LogP contribution in [0, 0.1) is 0 Å². The molecule has 0 unspecified atom stereocenters. The lowest BCUT2D eigenvalue weighted by molar-refractivity contribution is 0.669. The van der Waals surface area contributed by atoms with Gasteiger partial charge in [-0.05, 0) is 223 Å². The lowest BCUT2D eigenvalue weighted by Crippen LogP contribution is -1.92. The van der Waals surface area contributed by atoms with Crippen LogP contribution in [-0.4, -0.2) is 0 Å². The van der Waals surface area contributed by atoms with Crippen LogP contribution in [0.5, 0.6) is 0 Å². The minimum Gasteiger partial charge on any atom is -0.456 e. The van der Waals surface area contributed by atoms with Gasteiger partial charge in [0.2, 0.25) is 0 Å². The van der Waals surface area contributed by atoms with E-state index < -0.39 is 309 Å². The van der Waals surface area contributed by atoms with E-state index in [1.54, 1.807) is 0 Å². The summed E-state index contributed by atoms with van der Waals surface area (Å²) in [5.74, 6) is 0. The first kappa shape index (κ1) is 31.6. The van der Waals surface area contributed by atoms with E-state index in [9.17, 15) is 26.0 Å². The first-order valence-corrected chi connectivity index (χ1v) is 32.1. The summed E-state index contributed by atoms with van der Waals surface area (Å²) in [7, 11) is 0. The van der Waals surface area contributed by atoms with Crippen LogP contribution in [0.4, 0.5) is 0 Å². The van der Waals surface area contributed by atoms with Gasteiger partial charge in [-0.2, -0.15) is 0 Å². The van der Waals surface area contributed by atoms with Gasteiger partial charge in [-0.1, -0.05) is 315 Å². The van der Waals surface area contributed by atoms with Gasteiger partial charge in [0.1, 0.15) is 22.3 Å². The second-order valence-electron chi connectivity index (χ2n) is 24.3. The van der Waals surface area contributed by atoms with Gasteiger partial charge in [0, 0.05) is 21.5 Å². The molecule has 0 amide bonds. The third-order valence-electron chi connectivity index (χ3n) is 18.9. The fraction of sp³-hybridized carbons (Fsp3) is 0. The van der Waals surface area contributed by atoms with Gasteiger partial charge in [0.15, 0.2) is 0 Å². The van der Waals surface area contributed by atoms with Gasteiger partial charge in [-0.25, -0.2) is 0 Å². The number of fused-ring (bicyclic) bond motifs is 18. The fourth-order valence-electron chi connectivity index (χ4n) is 14.4.